The number of rotatable bonds is 5. The van der Waals surface area contributed by atoms with Gasteiger partial charge in [0.15, 0.2) is 11.5 Å². The fourth-order valence-electron chi connectivity index (χ4n) is 5.18. The summed E-state index contributed by atoms with van der Waals surface area (Å²) in [5, 5.41) is 8.33. The zero-order valence-corrected chi connectivity index (χ0v) is 22.2. The fourth-order valence-corrected chi connectivity index (χ4v) is 5.18. The molecule has 2 aliphatic heterocycles. The van der Waals surface area contributed by atoms with Crippen molar-refractivity contribution in [3.63, 3.8) is 0 Å². The minimum atomic E-state index is -0.530. The number of morpholine rings is 1. The number of fused-ring (bicyclic) bond motifs is 1. The molecular formula is C28H30N8O4. The Morgan fingerprint density at radius 2 is 1.77 bits per heavy atom. The standard InChI is InChI=1S/C28H30N8O4/c1-39-28(38)31-21-6-4-19(5-7-21)24-32-25(34-13-15-40-16-14-34)23-18-30-36(26(23)33-24)22-8-11-35(12-9-22)27(37)20-3-2-10-29-17-20/h2-7,10,17-18,22H,8-9,11-16H2,1H3,(H,31,38). The van der Waals surface area contributed by atoms with Crippen LogP contribution in [0.2, 0.25) is 0 Å². The number of amides is 2. The van der Waals surface area contributed by atoms with Crippen LogP contribution in [-0.2, 0) is 9.47 Å². The number of aromatic nitrogens is 5. The predicted molar refractivity (Wildman–Crippen MR) is 148 cm³/mol. The molecule has 2 amide bonds. The van der Waals surface area contributed by atoms with E-state index in [0.29, 0.717) is 43.4 Å². The van der Waals surface area contributed by atoms with Gasteiger partial charge in [0.05, 0.1) is 43.5 Å². The number of methoxy groups -OCH3 is 1. The van der Waals surface area contributed by atoms with E-state index in [9.17, 15) is 9.59 Å². The maximum absolute atomic E-state index is 12.9. The van der Waals surface area contributed by atoms with Crippen LogP contribution >= 0.6 is 0 Å². The van der Waals surface area contributed by atoms with Crippen molar-refractivity contribution in [2.75, 3.05) is 56.7 Å². The summed E-state index contributed by atoms with van der Waals surface area (Å²) in [6.45, 7) is 3.98. The second kappa shape index (κ2) is 11.3. The van der Waals surface area contributed by atoms with Crippen molar-refractivity contribution in [1.29, 1.82) is 0 Å². The molecule has 0 unspecified atom stereocenters. The Morgan fingerprint density at radius 3 is 2.48 bits per heavy atom. The molecule has 2 aliphatic rings. The monoisotopic (exact) mass is 542 g/mol. The van der Waals surface area contributed by atoms with E-state index >= 15 is 0 Å². The van der Waals surface area contributed by atoms with Gasteiger partial charge in [-0.2, -0.15) is 5.10 Å². The molecule has 2 saturated heterocycles. The van der Waals surface area contributed by atoms with Crippen molar-refractivity contribution < 1.29 is 19.1 Å². The summed E-state index contributed by atoms with van der Waals surface area (Å²) in [6, 6.07) is 11.0. The zero-order chi connectivity index (χ0) is 27.5. The molecule has 6 rings (SSSR count). The number of carbonyl (C=O) groups is 2. The molecule has 1 aromatic carbocycles. The molecule has 206 valence electrons. The molecule has 0 radical (unpaired) electrons. The third-order valence-corrected chi connectivity index (χ3v) is 7.33. The summed E-state index contributed by atoms with van der Waals surface area (Å²) in [5.74, 6) is 1.40. The molecule has 2 fully saturated rings. The highest BCUT2D eigenvalue weighted by Gasteiger charge is 2.28. The van der Waals surface area contributed by atoms with Gasteiger partial charge >= 0.3 is 6.09 Å². The smallest absolute Gasteiger partial charge is 0.411 e. The molecule has 0 aliphatic carbocycles. The lowest BCUT2D eigenvalue weighted by atomic mass is 10.0. The molecule has 12 nitrogen and oxygen atoms in total. The number of anilines is 2. The van der Waals surface area contributed by atoms with Crippen LogP contribution in [0.25, 0.3) is 22.4 Å². The lowest BCUT2D eigenvalue weighted by molar-refractivity contribution is 0.0691. The van der Waals surface area contributed by atoms with Gasteiger partial charge in [-0.1, -0.05) is 0 Å². The van der Waals surface area contributed by atoms with Crippen LogP contribution in [0.4, 0.5) is 16.3 Å². The number of piperidine rings is 1. The summed E-state index contributed by atoms with van der Waals surface area (Å²) in [5.41, 5.74) is 2.80. The second-order valence-corrected chi connectivity index (χ2v) is 9.76. The van der Waals surface area contributed by atoms with Gasteiger partial charge in [-0.15, -0.1) is 0 Å². The van der Waals surface area contributed by atoms with Gasteiger partial charge in [0.1, 0.15) is 5.82 Å². The van der Waals surface area contributed by atoms with Gasteiger partial charge in [-0.25, -0.2) is 19.4 Å². The lowest BCUT2D eigenvalue weighted by Gasteiger charge is -2.32. The molecule has 0 bridgehead atoms. The van der Waals surface area contributed by atoms with Crippen molar-refractivity contribution >= 4 is 34.5 Å². The number of pyridine rings is 1. The van der Waals surface area contributed by atoms with Gasteiger partial charge in [0.2, 0.25) is 0 Å². The summed E-state index contributed by atoms with van der Waals surface area (Å²) in [4.78, 5) is 42.6. The first-order chi connectivity index (χ1) is 19.6. The third kappa shape index (κ3) is 5.17. The van der Waals surface area contributed by atoms with Gasteiger partial charge in [0, 0.05) is 49.8 Å². The number of benzene rings is 1. The number of nitrogens with one attached hydrogen (secondary N) is 1. The van der Waals surface area contributed by atoms with E-state index in [2.05, 4.69) is 19.9 Å². The summed E-state index contributed by atoms with van der Waals surface area (Å²) in [6.07, 6.45) is 6.13. The summed E-state index contributed by atoms with van der Waals surface area (Å²) in [7, 11) is 1.32. The number of likely N-dealkylation sites (tertiary alicyclic amines) is 1. The van der Waals surface area contributed by atoms with E-state index in [1.165, 1.54) is 7.11 Å². The topological polar surface area (TPSA) is 128 Å². The largest absolute Gasteiger partial charge is 0.453 e. The fraction of sp³-hybridized carbons (Fsp3) is 0.357. The quantitative estimate of drug-likeness (QED) is 0.404. The average molecular weight is 543 g/mol. The average Bonchev–Trinajstić information content (AvgIpc) is 3.45. The molecule has 0 spiro atoms. The van der Waals surface area contributed by atoms with Crippen molar-refractivity contribution in [1.82, 2.24) is 29.6 Å². The van der Waals surface area contributed by atoms with Crippen LogP contribution in [0.5, 0.6) is 0 Å². The summed E-state index contributed by atoms with van der Waals surface area (Å²) >= 11 is 0. The Balaban J connectivity index is 1.30. The van der Waals surface area contributed by atoms with E-state index in [1.807, 2.05) is 27.9 Å². The molecule has 0 atom stereocenters. The van der Waals surface area contributed by atoms with Gasteiger partial charge in [-0.05, 0) is 49.2 Å². The predicted octanol–water partition coefficient (Wildman–Crippen LogP) is 3.38. The number of carbonyl (C=O) groups excluding carboxylic acids is 2. The Morgan fingerprint density at radius 1 is 1.00 bits per heavy atom. The zero-order valence-electron chi connectivity index (χ0n) is 22.2. The van der Waals surface area contributed by atoms with Crippen molar-refractivity contribution in [3.8, 4) is 11.4 Å². The van der Waals surface area contributed by atoms with E-state index in [1.54, 1.807) is 36.7 Å². The van der Waals surface area contributed by atoms with Gasteiger partial charge in [0.25, 0.3) is 5.91 Å². The van der Waals surface area contributed by atoms with Crippen molar-refractivity contribution in [3.05, 3.63) is 60.6 Å². The van der Waals surface area contributed by atoms with Crippen LogP contribution in [0, 0.1) is 0 Å². The molecule has 5 heterocycles. The minimum absolute atomic E-state index is 0.00113. The lowest BCUT2D eigenvalue weighted by Crippen LogP contribution is -2.39. The number of hydrogen-bond acceptors (Lipinski definition) is 9. The van der Waals surface area contributed by atoms with Crippen molar-refractivity contribution in [2.24, 2.45) is 0 Å². The molecule has 12 heteroatoms. The Labute approximate surface area is 230 Å². The van der Waals surface area contributed by atoms with Gasteiger partial charge < -0.3 is 19.3 Å². The Kier molecular flexibility index (Phi) is 7.23. The van der Waals surface area contributed by atoms with Gasteiger partial charge in [-0.3, -0.25) is 15.1 Å². The first kappa shape index (κ1) is 25.7. The van der Waals surface area contributed by atoms with E-state index < -0.39 is 6.09 Å². The minimum Gasteiger partial charge on any atom is -0.453 e. The SMILES string of the molecule is COC(=O)Nc1ccc(-c2nc(N3CCOCC3)c3cnn(C4CCN(C(=O)c5cccnc5)CC4)c3n2)cc1. The Bertz CT molecular complexity index is 1490. The molecular weight excluding hydrogens is 512 g/mol. The highest BCUT2D eigenvalue weighted by molar-refractivity contribution is 5.94. The van der Waals surface area contributed by atoms with Crippen LogP contribution in [-0.4, -0.2) is 88.1 Å². The van der Waals surface area contributed by atoms with E-state index in [0.717, 1.165) is 48.3 Å². The number of ether oxygens (including phenoxy) is 2. The van der Waals surface area contributed by atoms with Crippen LogP contribution in [0.3, 0.4) is 0 Å². The highest BCUT2D eigenvalue weighted by Crippen LogP contribution is 2.32. The Hall–Kier alpha value is -4.58. The first-order valence-corrected chi connectivity index (χ1v) is 13.3. The molecule has 40 heavy (non-hydrogen) atoms. The van der Waals surface area contributed by atoms with Crippen LogP contribution < -0.4 is 10.2 Å². The number of hydrogen-bond donors (Lipinski definition) is 1. The maximum atomic E-state index is 12.9. The molecule has 4 aromatic rings. The maximum Gasteiger partial charge on any atom is 0.411 e. The second-order valence-electron chi connectivity index (χ2n) is 9.76. The third-order valence-electron chi connectivity index (χ3n) is 7.33. The normalized spacial score (nSPS) is 16.2. The van der Waals surface area contributed by atoms with E-state index in [-0.39, 0.29) is 11.9 Å². The van der Waals surface area contributed by atoms with E-state index in [4.69, 9.17) is 19.8 Å². The van der Waals surface area contributed by atoms with Crippen LogP contribution in [0.1, 0.15) is 29.2 Å². The summed E-state index contributed by atoms with van der Waals surface area (Å²) < 4.78 is 12.2. The first-order valence-electron chi connectivity index (χ1n) is 13.3. The van der Waals surface area contributed by atoms with Crippen LogP contribution in [0.15, 0.2) is 55.0 Å². The molecule has 0 saturated carbocycles. The number of nitrogens with zero attached hydrogens (tertiary/aromatic N) is 7. The highest BCUT2D eigenvalue weighted by atomic mass is 16.5. The molecule has 3 aromatic heterocycles. The molecule has 1 N–H and O–H groups in total. The van der Waals surface area contributed by atoms with Crippen molar-refractivity contribution in [2.45, 2.75) is 18.9 Å².